The minimum Gasteiger partial charge on any atom is -0.430 e. The third-order valence-electron chi connectivity index (χ3n) is 4.50. The van der Waals surface area contributed by atoms with Crippen LogP contribution < -0.4 is 0 Å². The molecule has 5 nitrogen and oxygen atoms in total. The summed E-state index contributed by atoms with van der Waals surface area (Å²) < 4.78 is 10.3. The zero-order chi connectivity index (χ0) is 15.7. The largest absolute Gasteiger partial charge is 0.509 e. The van der Waals surface area contributed by atoms with Crippen LogP contribution in [0.3, 0.4) is 0 Å². The zero-order valence-corrected chi connectivity index (χ0v) is 13.6. The lowest BCUT2D eigenvalue weighted by Crippen LogP contribution is -2.45. The summed E-state index contributed by atoms with van der Waals surface area (Å²) in [5.41, 5.74) is 1.81. The van der Waals surface area contributed by atoms with Gasteiger partial charge in [0.25, 0.3) is 0 Å². The van der Waals surface area contributed by atoms with E-state index in [2.05, 4.69) is 22.4 Å². The van der Waals surface area contributed by atoms with Crippen LogP contribution in [-0.2, 0) is 16.0 Å². The highest BCUT2D eigenvalue weighted by atomic mass is 32.1. The highest BCUT2D eigenvalue weighted by Gasteiger charge is 2.44. The topological polar surface area (TPSA) is 51.7 Å². The zero-order valence-electron chi connectivity index (χ0n) is 12.7. The summed E-state index contributed by atoms with van der Waals surface area (Å²) in [5, 5.41) is 3.24. The predicted octanol–water partition coefficient (Wildman–Crippen LogP) is 3.31. The van der Waals surface area contributed by atoms with Gasteiger partial charge in [-0.15, -0.1) is 11.3 Å². The number of nitrogens with zero attached hydrogens (tertiary/aromatic N) is 2. The molecule has 2 saturated heterocycles. The Kier molecular flexibility index (Phi) is 3.79. The first-order valence-electron chi connectivity index (χ1n) is 7.80. The van der Waals surface area contributed by atoms with Crippen molar-refractivity contribution in [2.75, 3.05) is 19.7 Å². The second-order valence-electron chi connectivity index (χ2n) is 6.09. The first-order valence-corrected chi connectivity index (χ1v) is 8.68. The number of thiazole rings is 1. The molecule has 0 unspecified atom stereocenters. The average Bonchev–Trinajstić information content (AvgIpc) is 3.18. The number of piperidine rings is 1. The van der Waals surface area contributed by atoms with Crippen LogP contribution in [0.1, 0.15) is 17.8 Å². The van der Waals surface area contributed by atoms with Gasteiger partial charge in [-0.3, -0.25) is 4.90 Å². The van der Waals surface area contributed by atoms with E-state index in [9.17, 15) is 4.79 Å². The summed E-state index contributed by atoms with van der Waals surface area (Å²) in [4.78, 5) is 18.3. The van der Waals surface area contributed by atoms with E-state index in [1.165, 1.54) is 0 Å². The number of carbonyl (C=O) groups is 1. The van der Waals surface area contributed by atoms with Gasteiger partial charge in [0, 0.05) is 36.9 Å². The van der Waals surface area contributed by atoms with Crippen molar-refractivity contribution in [3.63, 3.8) is 0 Å². The van der Waals surface area contributed by atoms with Crippen LogP contribution in [0.4, 0.5) is 4.79 Å². The van der Waals surface area contributed by atoms with Crippen molar-refractivity contribution in [3.8, 4) is 11.3 Å². The van der Waals surface area contributed by atoms with Gasteiger partial charge in [-0.05, 0) is 0 Å². The van der Waals surface area contributed by atoms with Gasteiger partial charge in [0.1, 0.15) is 11.6 Å². The first kappa shape index (κ1) is 14.7. The molecule has 2 aliphatic rings. The summed E-state index contributed by atoms with van der Waals surface area (Å²) in [6.45, 7) is 3.05. The molecule has 2 fully saturated rings. The van der Waals surface area contributed by atoms with Gasteiger partial charge in [-0.25, -0.2) is 9.78 Å². The van der Waals surface area contributed by atoms with Gasteiger partial charge in [-0.2, -0.15) is 0 Å². The normalized spacial score (nSPS) is 20.4. The Labute approximate surface area is 138 Å². The summed E-state index contributed by atoms with van der Waals surface area (Å²) in [6.07, 6.45) is 1.14. The van der Waals surface area contributed by atoms with Crippen LogP contribution in [0.15, 0.2) is 35.7 Å². The maximum absolute atomic E-state index is 11.2. The van der Waals surface area contributed by atoms with Crippen molar-refractivity contribution < 1.29 is 14.3 Å². The first-order chi connectivity index (χ1) is 11.2. The van der Waals surface area contributed by atoms with E-state index in [0.29, 0.717) is 6.61 Å². The molecule has 0 N–H and O–H groups in total. The van der Waals surface area contributed by atoms with E-state index in [0.717, 1.165) is 48.7 Å². The lowest BCUT2D eigenvalue weighted by Gasteiger charge is -2.35. The van der Waals surface area contributed by atoms with Crippen molar-refractivity contribution in [2.45, 2.75) is 25.0 Å². The Morgan fingerprint density at radius 2 is 2.00 bits per heavy atom. The smallest absolute Gasteiger partial charge is 0.430 e. The molecule has 1 spiro atoms. The van der Waals surface area contributed by atoms with Crippen LogP contribution in [0.5, 0.6) is 0 Å². The van der Waals surface area contributed by atoms with Crippen LogP contribution in [0.2, 0.25) is 0 Å². The number of aromatic nitrogens is 1. The molecule has 2 aliphatic heterocycles. The van der Waals surface area contributed by atoms with Crippen LogP contribution in [0, 0.1) is 0 Å². The number of carbonyl (C=O) groups excluding carboxylic acids is 1. The number of hydrogen-bond donors (Lipinski definition) is 0. The molecule has 4 rings (SSSR count). The van der Waals surface area contributed by atoms with Crippen molar-refractivity contribution in [2.24, 2.45) is 0 Å². The monoisotopic (exact) mass is 330 g/mol. The summed E-state index contributed by atoms with van der Waals surface area (Å²) >= 11 is 1.70. The van der Waals surface area contributed by atoms with Gasteiger partial charge in [0.15, 0.2) is 5.60 Å². The fourth-order valence-electron chi connectivity index (χ4n) is 3.11. The van der Waals surface area contributed by atoms with Crippen LogP contribution in [-0.4, -0.2) is 41.3 Å². The van der Waals surface area contributed by atoms with Gasteiger partial charge >= 0.3 is 6.16 Å². The molecular formula is C17H18N2O3S. The van der Waals surface area contributed by atoms with Gasteiger partial charge < -0.3 is 9.47 Å². The molecule has 120 valence electrons. The Morgan fingerprint density at radius 3 is 2.70 bits per heavy atom. The highest BCUT2D eigenvalue weighted by Crippen LogP contribution is 2.32. The minimum atomic E-state index is -0.522. The molecule has 6 heteroatoms. The van der Waals surface area contributed by atoms with E-state index in [4.69, 9.17) is 14.5 Å². The van der Waals surface area contributed by atoms with Crippen molar-refractivity contribution in [3.05, 3.63) is 40.7 Å². The molecule has 3 heterocycles. The molecule has 23 heavy (non-hydrogen) atoms. The fraction of sp³-hybridized carbons (Fsp3) is 0.412. The summed E-state index contributed by atoms with van der Waals surface area (Å²) in [6, 6.07) is 10.2. The quantitative estimate of drug-likeness (QED) is 0.808. The Balaban J connectivity index is 1.37. The van der Waals surface area contributed by atoms with Gasteiger partial charge in [-0.1, -0.05) is 30.3 Å². The third-order valence-corrected chi connectivity index (χ3v) is 5.33. The van der Waals surface area contributed by atoms with Crippen molar-refractivity contribution >= 4 is 17.5 Å². The van der Waals surface area contributed by atoms with E-state index in [1.807, 2.05) is 18.2 Å². The number of hydrogen-bond acceptors (Lipinski definition) is 6. The van der Waals surface area contributed by atoms with Gasteiger partial charge in [0.05, 0.1) is 12.2 Å². The lowest BCUT2D eigenvalue weighted by atomic mass is 9.92. The van der Waals surface area contributed by atoms with E-state index >= 15 is 0 Å². The third kappa shape index (κ3) is 3.09. The number of likely N-dealkylation sites (tertiary alicyclic amines) is 1. The van der Waals surface area contributed by atoms with Crippen LogP contribution in [0.25, 0.3) is 11.3 Å². The second-order valence-corrected chi connectivity index (χ2v) is 7.04. The lowest BCUT2D eigenvalue weighted by molar-refractivity contribution is -0.00164. The van der Waals surface area contributed by atoms with Crippen molar-refractivity contribution in [1.82, 2.24) is 9.88 Å². The standard InChI is InChI=1S/C17H18N2O3S/c20-16-21-12-17(22-16)6-8-19(9-7-17)10-15-18-14(11-23-15)13-4-2-1-3-5-13/h1-5,11H,6-10,12H2. The Bertz CT molecular complexity index is 693. The number of ether oxygens (including phenoxy) is 2. The Morgan fingerprint density at radius 1 is 1.22 bits per heavy atom. The fourth-order valence-corrected chi connectivity index (χ4v) is 3.95. The molecular weight excluding hydrogens is 312 g/mol. The van der Waals surface area contributed by atoms with E-state index in [1.54, 1.807) is 11.3 Å². The highest BCUT2D eigenvalue weighted by molar-refractivity contribution is 7.09. The SMILES string of the molecule is O=C1OCC2(CCN(Cc3nc(-c4ccccc4)cs3)CC2)O1. The molecule has 0 radical (unpaired) electrons. The second kappa shape index (κ2) is 5.94. The molecule has 0 saturated carbocycles. The minimum absolute atomic E-state index is 0.383. The number of rotatable bonds is 3. The maximum atomic E-state index is 11.2. The average molecular weight is 330 g/mol. The summed E-state index contributed by atoms with van der Waals surface area (Å²) in [7, 11) is 0. The Hall–Kier alpha value is -1.92. The molecule has 1 aromatic heterocycles. The van der Waals surface area contributed by atoms with Gasteiger partial charge in [0.2, 0.25) is 0 Å². The van der Waals surface area contributed by atoms with Crippen molar-refractivity contribution in [1.29, 1.82) is 0 Å². The van der Waals surface area contributed by atoms with E-state index in [-0.39, 0.29) is 5.60 Å². The molecule has 1 aromatic carbocycles. The molecule has 0 amide bonds. The predicted molar refractivity (Wildman–Crippen MR) is 87.2 cm³/mol. The number of benzene rings is 1. The maximum Gasteiger partial charge on any atom is 0.509 e. The molecule has 0 bridgehead atoms. The summed E-state index contributed by atoms with van der Waals surface area (Å²) in [5.74, 6) is 0. The molecule has 2 aromatic rings. The van der Waals surface area contributed by atoms with Crippen LogP contribution >= 0.6 is 11.3 Å². The molecule has 0 atom stereocenters. The molecule has 0 aliphatic carbocycles. The number of cyclic esters (lactones) is 1. The van der Waals surface area contributed by atoms with E-state index < -0.39 is 6.16 Å².